The standard InChI is InChI=1S/C15H11F2N3/c16-11-5-3-4-10(8-11)13-9-15(18)20(19-13)14-7-2-1-6-12(14)17/h1-9H,18H2. The van der Waals surface area contributed by atoms with E-state index in [9.17, 15) is 8.78 Å². The number of aromatic nitrogens is 2. The molecule has 0 atom stereocenters. The summed E-state index contributed by atoms with van der Waals surface area (Å²) in [7, 11) is 0. The molecule has 2 N–H and O–H groups in total. The maximum Gasteiger partial charge on any atom is 0.148 e. The van der Waals surface area contributed by atoms with Gasteiger partial charge in [0.1, 0.15) is 23.1 Å². The topological polar surface area (TPSA) is 43.8 Å². The third-order valence-corrected chi connectivity index (χ3v) is 2.94. The van der Waals surface area contributed by atoms with Gasteiger partial charge in [0, 0.05) is 11.6 Å². The number of nitrogen functional groups attached to an aromatic ring is 1. The average Bonchev–Trinajstić information content (AvgIpc) is 2.81. The highest BCUT2D eigenvalue weighted by atomic mass is 19.1. The van der Waals surface area contributed by atoms with Gasteiger partial charge in [-0.1, -0.05) is 24.3 Å². The molecule has 0 saturated heterocycles. The van der Waals surface area contributed by atoms with Gasteiger partial charge in [-0.3, -0.25) is 0 Å². The van der Waals surface area contributed by atoms with E-state index in [1.165, 1.54) is 22.9 Å². The molecule has 0 aliphatic carbocycles. The summed E-state index contributed by atoms with van der Waals surface area (Å²) in [5.74, 6) is -0.496. The smallest absolute Gasteiger partial charge is 0.148 e. The van der Waals surface area contributed by atoms with Crippen LogP contribution in [0.2, 0.25) is 0 Å². The Kier molecular flexibility index (Phi) is 2.95. The molecule has 0 unspecified atom stereocenters. The second-order valence-corrected chi connectivity index (χ2v) is 4.33. The minimum absolute atomic E-state index is 0.257. The molecule has 0 saturated carbocycles. The van der Waals surface area contributed by atoms with Gasteiger partial charge in [0.25, 0.3) is 0 Å². The van der Waals surface area contributed by atoms with Crippen LogP contribution in [0, 0.1) is 11.6 Å². The minimum Gasteiger partial charge on any atom is -0.384 e. The molecule has 2 aromatic carbocycles. The number of para-hydroxylation sites is 1. The van der Waals surface area contributed by atoms with Crippen molar-refractivity contribution in [3.05, 3.63) is 66.2 Å². The van der Waals surface area contributed by atoms with Gasteiger partial charge in [0.15, 0.2) is 0 Å². The Balaban J connectivity index is 2.10. The highest BCUT2D eigenvalue weighted by Crippen LogP contribution is 2.24. The predicted octanol–water partition coefficient (Wildman–Crippen LogP) is 3.40. The minimum atomic E-state index is -0.423. The molecule has 100 valence electrons. The Bertz CT molecular complexity index is 765. The molecule has 3 aromatic rings. The lowest BCUT2D eigenvalue weighted by molar-refractivity contribution is 0.612. The second kappa shape index (κ2) is 4.77. The molecule has 20 heavy (non-hydrogen) atoms. The summed E-state index contributed by atoms with van der Waals surface area (Å²) in [4.78, 5) is 0. The van der Waals surface area contributed by atoms with Crippen molar-refractivity contribution < 1.29 is 8.78 Å². The zero-order valence-corrected chi connectivity index (χ0v) is 10.4. The summed E-state index contributed by atoms with van der Waals surface area (Å²) in [6.07, 6.45) is 0. The van der Waals surface area contributed by atoms with E-state index < -0.39 is 5.82 Å². The Labute approximate surface area is 114 Å². The van der Waals surface area contributed by atoms with Crippen molar-refractivity contribution >= 4 is 5.82 Å². The van der Waals surface area contributed by atoms with E-state index in [1.807, 2.05) is 0 Å². The van der Waals surface area contributed by atoms with Crippen molar-refractivity contribution in [3.63, 3.8) is 0 Å². The number of rotatable bonds is 2. The van der Waals surface area contributed by atoms with Crippen LogP contribution in [0.4, 0.5) is 14.6 Å². The number of anilines is 1. The summed E-state index contributed by atoms with van der Waals surface area (Å²) >= 11 is 0. The number of nitrogens with zero attached hydrogens (tertiary/aromatic N) is 2. The first-order valence-corrected chi connectivity index (χ1v) is 6.01. The molecule has 0 amide bonds. The van der Waals surface area contributed by atoms with Crippen LogP contribution in [0.25, 0.3) is 16.9 Å². The first-order valence-electron chi connectivity index (χ1n) is 6.01. The largest absolute Gasteiger partial charge is 0.384 e. The lowest BCUT2D eigenvalue weighted by Gasteiger charge is -2.04. The van der Waals surface area contributed by atoms with E-state index in [0.29, 0.717) is 11.3 Å². The molecule has 0 aliphatic heterocycles. The highest BCUT2D eigenvalue weighted by molar-refractivity contribution is 5.63. The van der Waals surface area contributed by atoms with Crippen molar-refractivity contribution in [2.75, 3.05) is 5.73 Å². The molecule has 1 heterocycles. The number of halogens is 2. The van der Waals surface area contributed by atoms with Crippen LogP contribution < -0.4 is 5.73 Å². The molecule has 0 radical (unpaired) electrons. The van der Waals surface area contributed by atoms with Crippen molar-refractivity contribution in [3.8, 4) is 16.9 Å². The summed E-state index contributed by atoms with van der Waals surface area (Å²) in [5.41, 5.74) is 7.20. The summed E-state index contributed by atoms with van der Waals surface area (Å²) < 4.78 is 28.3. The SMILES string of the molecule is Nc1cc(-c2cccc(F)c2)nn1-c1ccccc1F. The van der Waals surface area contributed by atoms with Crippen LogP contribution in [0.15, 0.2) is 54.6 Å². The van der Waals surface area contributed by atoms with Crippen LogP contribution in [0.3, 0.4) is 0 Å². The van der Waals surface area contributed by atoms with Crippen LogP contribution >= 0.6 is 0 Å². The summed E-state index contributed by atoms with van der Waals surface area (Å²) in [5, 5.41) is 4.24. The molecule has 1 aromatic heterocycles. The monoisotopic (exact) mass is 271 g/mol. The van der Waals surface area contributed by atoms with Gasteiger partial charge < -0.3 is 5.73 Å². The number of hydrogen-bond donors (Lipinski definition) is 1. The van der Waals surface area contributed by atoms with Crippen LogP contribution in [0.1, 0.15) is 0 Å². The fourth-order valence-electron chi connectivity index (χ4n) is 2.00. The van der Waals surface area contributed by atoms with Crippen molar-refractivity contribution in [2.45, 2.75) is 0 Å². The van der Waals surface area contributed by atoms with E-state index in [-0.39, 0.29) is 17.3 Å². The Morgan fingerprint density at radius 2 is 1.75 bits per heavy atom. The van der Waals surface area contributed by atoms with Gasteiger partial charge in [0.2, 0.25) is 0 Å². The van der Waals surface area contributed by atoms with Crippen LogP contribution in [-0.2, 0) is 0 Å². The van der Waals surface area contributed by atoms with E-state index in [4.69, 9.17) is 5.73 Å². The third kappa shape index (κ3) is 2.14. The third-order valence-electron chi connectivity index (χ3n) is 2.94. The molecular weight excluding hydrogens is 260 g/mol. The van der Waals surface area contributed by atoms with E-state index in [0.717, 1.165) is 0 Å². The molecular formula is C15H11F2N3. The van der Waals surface area contributed by atoms with Crippen molar-refractivity contribution in [1.29, 1.82) is 0 Å². The van der Waals surface area contributed by atoms with Gasteiger partial charge in [-0.15, -0.1) is 0 Å². The molecule has 0 spiro atoms. The van der Waals surface area contributed by atoms with E-state index in [2.05, 4.69) is 5.10 Å². The van der Waals surface area contributed by atoms with E-state index >= 15 is 0 Å². The van der Waals surface area contributed by atoms with Gasteiger partial charge in [-0.05, 0) is 24.3 Å². The van der Waals surface area contributed by atoms with Crippen LogP contribution in [-0.4, -0.2) is 9.78 Å². The fourth-order valence-corrected chi connectivity index (χ4v) is 2.00. The molecule has 3 rings (SSSR count). The van der Waals surface area contributed by atoms with Gasteiger partial charge in [0.05, 0.1) is 5.69 Å². The Morgan fingerprint density at radius 1 is 0.950 bits per heavy atom. The molecule has 0 aliphatic rings. The normalized spacial score (nSPS) is 10.7. The number of hydrogen-bond acceptors (Lipinski definition) is 2. The van der Waals surface area contributed by atoms with Gasteiger partial charge >= 0.3 is 0 Å². The first-order chi connectivity index (χ1) is 9.65. The molecule has 0 fully saturated rings. The lowest BCUT2D eigenvalue weighted by Crippen LogP contribution is -2.03. The summed E-state index contributed by atoms with van der Waals surface area (Å²) in [6, 6.07) is 13.8. The lowest BCUT2D eigenvalue weighted by atomic mass is 10.1. The van der Waals surface area contributed by atoms with Crippen LogP contribution in [0.5, 0.6) is 0 Å². The highest BCUT2D eigenvalue weighted by Gasteiger charge is 2.12. The predicted molar refractivity (Wildman–Crippen MR) is 73.3 cm³/mol. The van der Waals surface area contributed by atoms with Gasteiger partial charge in [-0.2, -0.15) is 5.10 Å². The van der Waals surface area contributed by atoms with Crippen molar-refractivity contribution in [2.24, 2.45) is 0 Å². The molecule has 5 heteroatoms. The average molecular weight is 271 g/mol. The zero-order valence-electron chi connectivity index (χ0n) is 10.4. The first kappa shape index (κ1) is 12.3. The quantitative estimate of drug-likeness (QED) is 0.776. The van der Waals surface area contributed by atoms with Gasteiger partial charge in [-0.25, -0.2) is 13.5 Å². The maximum atomic E-state index is 13.8. The number of nitrogens with two attached hydrogens (primary N) is 1. The summed E-state index contributed by atoms with van der Waals surface area (Å²) in [6.45, 7) is 0. The fraction of sp³-hybridized carbons (Fsp3) is 0. The Hall–Kier alpha value is -2.69. The molecule has 0 bridgehead atoms. The second-order valence-electron chi connectivity index (χ2n) is 4.33. The number of benzene rings is 2. The maximum absolute atomic E-state index is 13.8. The Morgan fingerprint density at radius 3 is 2.50 bits per heavy atom. The molecule has 3 nitrogen and oxygen atoms in total. The van der Waals surface area contributed by atoms with E-state index in [1.54, 1.807) is 36.4 Å². The zero-order chi connectivity index (χ0) is 14.1. The van der Waals surface area contributed by atoms with Crippen molar-refractivity contribution in [1.82, 2.24) is 9.78 Å².